The van der Waals surface area contributed by atoms with E-state index in [4.69, 9.17) is 0 Å². The predicted octanol–water partition coefficient (Wildman–Crippen LogP) is 4.18. The highest BCUT2D eigenvalue weighted by Gasteiger charge is 2.20. The first kappa shape index (κ1) is 18.0. The van der Waals surface area contributed by atoms with E-state index in [0.717, 1.165) is 30.8 Å². The average molecular weight is 352 g/mol. The summed E-state index contributed by atoms with van der Waals surface area (Å²) < 4.78 is 0. The number of aryl methyl sites for hydroxylation is 1. The van der Waals surface area contributed by atoms with Crippen LogP contribution in [0.15, 0.2) is 42.5 Å². The summed E-state index contributed by atoms with van der Waals surface area (Å²) >= 11 is 0. The molecule has 1 heterocycles. The third-order valence-electron chi connectivity index (χ3n) is 4.82. The second kappa shape index (κ2) is 7.60. The molecular formula is C21H24N2O3. The number of carboxylic acid groups (broad SMARTS) is 1. The van der Waals surface area contributed by atoms with Gasteiger partial charge in [-0.1, -0.05) is 24.6 Å². The molecule has 1 fully saturated rings. The molecule has 0 bridgehead atoms. The molecule has 2 N–H and O–H groups in total. The number of piperidine rings is 1. The van der Waals surface area contributed by atoms with Crippen LogP contribution in [0.4, 0.5) is 11.4 Å². The van der Waals surface area contributed by atoms with Crippen molar-refractivity contribution in [3.63, 3.8) is 0 Å². The molecule has 1 atom stereocenters. The number of rotatable bonds is 4. The van der Waals surface area contributed by atoms with E-state index in [1.165, 1.54) is 6.42 Å². The van der Waals surface area contributed by atoms with Crippen molar-refractivity contribution in [3.8, 4) is 0 Å². The Hall–Kier alpha value is -2.82. The van der Waals surface area contributed by atoms with Gasteiger partial charge in [-0.25, -0.2) is 4.79 Å². The molecule has 0 saturated carbocycles. The van der Waals surface area contributed by atoms with Gasteiger partial charge in [0.05, 0.1) is 11.3 Å². The van der Waals surface area contributed by atoms with Crippen molar-refractivity contribution in [2.24, 2.45) is 5.92 Å². The van der Waals surface area contributed by atoms with Gasteiger partial charge >= 0.3 is 5.97 Å². The summed E-state index contributed by atoms with van der Waals surface area (Å²) in [5, 5.41) is 12.3. The van der Waals surface area contributed by atoms with Crippen molar-refractivity contribution >= 4 is 23.3 Å². The molecule has 1 saturated heterocycles. The van der Waals surface area contributed by atoms with Crippen LogP contribution in [0.1, 0.15) is 46.0 Å². The van der Waals surface area contributed by atoms with Crippen molar-refractivity contribution in [3.05, 3.63) is 59.2 Å². The highest BCUT2D eigenvalue weighted by atomic mass is 16.4. The van der Waals surface area contributed by atoms with E-state index in [2.05, 4.69) is 17.1 Å². The van der Waals surface area contributed by atoms with Crippen molar-refractivity contribution in [2.45, 2.75) is 26.7 Å². The second-order valence-corrected chi connectivity index (χ2v) is 7.05. The van der Waals surface area contributed by atoms with Gasteiger partial charge in [0, 0.05) is 24.3 Å². The summed E-state index contributed by atoms with van der Waals surface area (Å²) in [5.74, 6) is -0.763. The number of hydrogen-bond donors (Lipinski definition) is 2. The van der Waals surface area contributed by atoms with E-state index in [0.29, 0.717) is 17.2 Å². The zero-order valence-corrected chi connectivity index (χ0v) is 15.2. The maximum atomic E-state index is 12.4. The van der Waals surface area contributed by atoms with Crippen LogP contribution >= 0.6 is 0 Å². The standard InChI is InChI=1S/C21H24N2O3/c1-14-5-7-16(8-6-14)20(24)22-19-10-9-17(12-18(19)21(25)26)23-11-3-4-15(2)13-23/h5-10,12,15H,3-4,11,13H2,1-2H3,(H,22,24)(H,25,26). The summed E-state index contributed by atoms with van der Waals surface area (Å²) in [7, 11) is 0. The number of carbonyl (C=O) groups is 2. The molecule has 5 nitrogen and oxygen atoms in total. The summed E-state index contributed by atoms with van der Waals surface area (Å²) in [6.07, 6.45) is 2.31. The molecule has 3 rings (SSSR count). The highest BCUT2D eigenvalue weighted by Crippen LogP contribution is 2.27. The Labute approximate surface area is 153 Å². The first-order valence-electron chi connectivity index (χ1n) is 8.94. The molecule has 5 heteroatoms. The number of carboxylic acids is 1. The Morgan fingerprint density at radius 3 is 2.54 bits per heavy atom. The van der Waals surface area contributed by atoms with Gasteiger partial charge in [-0.3, -0.25) is 4.79 Å². The van der Waals surface area contributed by atoms with Crippen LogP contribution in [0.5, 0.6) is 0 Å². The summed E-state index contributed by atoms with van der Waals surface area (Å²) in [4.78, 5) is 26.3. The lowest BCUT2D eigenvalue weighted by Crippen LogP contribution is -2.34. The molecule has 0 spiro atoms. The van der Waals surface area contributed by atoms with E-state index in [1.54, 1.807) is 24.3 Å². The summed E-state index contributed by atoms with van der Waals surface area (Å²) in [5.41, 5.74) is 2.88. The molecule has 1 unspecified atom stereocenters. The number of carbonyl (C=O) groups excluding carboxylic acids is 1. The van der Waals surface area contributed by atoms with E-state index >= 15 is 0 Å². The fourth-order valence-electron chi connectivity index (χ4n) is 3.34. The normalized spacial score (nSPS) is 17.0. The Morgan fingerprint density at radius 2 is 1.88 bits per heavy atom. The van der Waals surface area contributed by atoms with Crippen LogP contribution in [0.2, 0.25) is 0 Å². The van der Waals surface area contributed by atoms with Crippen LogP contribution in [0, 0.1) is 12.8 Å². The Morgan fingerprint density at radius 1 is 1.15 bits per heavy atom. The number of hydrogen-bond acceptors (Lipinski definition) is 3. The minimum atomic E-state index is -1.05. The Balaban J connectivity index is 1.84. The zero-order valence-electron chi connectivity index (χ0n) is 15.2. The molecule has 1 aliphatic rings. The lowest BCUT2D eigenvalue weighted by atomic mass is 9.99. The van der Waals surface area contributed by atoms with Crippen molar-refractivity contribution < 1.29 is 14.7 Å². The number of benzene rings is 2. The van der Waals surface area contributed by atoms with Crippen molar-refractivity contribution in [1.82, 2.24) is 0 Å². The minimum Gasteiger partial charge on any atom is -0.478 e. The number of aromatic carboxylic acids is 1. The number of nitrogens with zero attached hydrogens (tertiary/aromatic N) is 1. The highest BCUT2D eigenvalue weighted by molar-refractivity contribution is 6.08. The van der Waals surface area contributed by atoms with Gasteiger partial charge in [0.25, 0.3) is 5.91 Å². The fourth-order valence-corrected chi connectivity index (χ4v) is 3.34. The maximum Gasteiger partial charge on any atom is 0.337 e. The molecule has 0 aliphatic carbocycles. The molecular weight excluding hydrogens is 328 g/mol. The quantitative estimate of drug-likeness (QED) is 0.866. The van der Waals surface area contributed by atoms with Gasteiger partial charge < -0.3 is 15.3 Å². The van der Waals surface area contributed by atoms with E-state index in [9.17, 15) is 14.7 Å². The van der Waals surface area contributed by atoms with Gasteiger partial charge in [0.1, 0.15) is 0 Å². The summed E-state index contributed by atoms with van der Waals surface area (Å²) in [6, 6.07) is 12.4. The topological polar surface area (TPSA) is 69.6 Å². The van der Waals surface area contributed by atoms with E-state index < -0.39 is 5.97 Å². The van der Waals surface area contributed by atoms with Gasteiger partial charge in [0.15, 0.2) is 0 Å². The lowest BCUT2D eigenvalue weighted by Gasteiger charge is -2.33. The van der Waals surface area contributed by atoms with Crippen LogP contribution in [0.3, 0.4) is 0 Å². The van der Waals surface area contributed by atoms with Crippen LogP contribution in [-0.4, -0.2) is 30.1 Å². The Kier molecular flexibility index (Phi) is 5.26. The van der Waals surface area contributed by atoms with Crippen LogP contribution < -0.4 is 10.2 Å². The molecule has 1 amide bonds. The number of amides is 1. The first-order valence-corrected chi connectivity index (χ1v) is 8.94. The molecule has 2 aromatic rings. The SMILES string of the molecule is Cc1ccc(C(=O)Nc2ccc(N3CCCC(C)C3)cc2C(=O)O)cc1. The van der Waals surface area contributed by atoms with Crippen LogP contribution in [-0.2, 0) is 0 Å². The monoisotopic (exact) mass is 352 g/mol. The maximum absolute atomic E-state index is 12.4. The lowest BCUT2D eigenvalue weighted by molar-refractivity contribution is 0.0698. The molecule has 0 aromatic heterocycles. The molecule has 26 heavy (non-hydrogen) atoms. The number of anilines is 2. The molecule has 1 aliphatic heterocycles. The third kappa shape index (κ3) is 4.04. The third-order valence-corrected chi connectivity index (χ3v) is 4.82. The zero-order chi connectivity index (χ0) is 18.7. The van der Waals surface area contributed by atoms with Crippen molar-refractivity contribution in [2.75, 3.05) is 23.3 Å². The minimum absolute atomic E-state index is 0.112. The van der Waals surface area contributed by atoms with E-state index in [-0.39, 0.29) is 11.5 Å². The van der Waals surface area contributed by atoms with Crippen molar-refractivity contribution in [1.29, 1.82) is 0 Å². The van der Waals surface area contributed by atoms with E-state index in [1.807, 2.05) is 25.1 Å². The Bertz CT molecular complexity index is 815. The predicted molar refractivity (Wildman–Crippen MR) is 103 cm³/mol. The smallest absolute Gasteiger partial charge is 0.337 e. The number of nitrogens with one attached hydrogen (secondary N) is 1. The average Bonchev–Trinajstić information content (AvgIpc) is 2.62. The molecule has 136 valence electrons. The first-order chi connectivity index (χ1) is 12.4. The van der Waals surface area contributed by atoms with Crippen LogP contribution in [0.25, 0.3) is 0 Å². The van der Waals surface area contributed by atoms with Gasteiger partial charge in [-0.2, -0.15) is 0 Å². The van der Waals surface area contributed by atoms with Gasteiger partial charge in [0.2, 0.25) is 0 Å². The fraction of sp³-hybridized carbons (Fsp3) is 0.333. The molecule has 0 radical (unpaired) electrons. The summed E-state index contributed by atoms with van der Waals surface area (Å²) in [6.45, 7) is 6.01. The van der Waals surface area contributed by atoms with Gasteiger partial charge in [-0.05, 0) is 56.0 Å². The second-order valence-electron chi connectivity index (χ2n) is 7.05. The largest absolute Gasteiger partial charge is 0.478 e. The molecule has 2 aromatic carbocycles. The van der Waals surface area contributed by atoms with Gasteiger partial charge in [-0.15, -0.1) is 0 Å².